The molecule has 0 fully saturated rings. The Kier molecular flexibility index (Phi) is 4.85. The first-order chi connectivity index (χ1) is 9.05. The van der Waals surface area contributed by atoms with Crippen LogP contribution in [0.1, 0.15) is 24.2 Å². The van der Waals surface area contributed by atoms with Crippen molar-refractivity contribution in [2.75, 3.05) is 13.7 Å². The van der Waals surface area contributed by atoms with E-state index in [1.165, 1.54) is 7.11 Å². The summed E-state index contributed by atoms with van der Waals surface area (Å²) in [6.45, 7) is 3.70. The van der Waals surface area contributed by atoms with Crippen LogP contribution in [0.15, 0.2) is 23.1 Å². The number of primary sulfonamides is 1. The van der Waals surface area contributed by atoms with Gasteiger partial charge in [0.2, 0.25) is 10.0 Å². The molecule has 0 saturated carbocycles. The van der Waals surface area contributed by atoms with E-state index < -0.39 is 32.2 Å². The zero-order valence-electron chi connectivity index (χ0n) is 11.4. The number of carbonyl (C=O) groups excluding carboxylic acids is 1. The minimum atomic E-state index is -4.07. The number of methoxy groups -OCH3 is 1. The molecule has 0 aromatic heterocycles. The molecule has 8 heteroatoms. The second-order valence-electron chi connectivity index (χ2n) is 4.87. The van der Waals surface area contributed by atoms with Crippen molar-refractivity contribution < 1.29 is 22.3 Å². The van der Waals surface area contributed by atoms with Crippen LogP contribution in [0, 0.1) is 5.82 Å². The first-order valence-corrected chi connectivity index (χ1v) is 7.26. The average molecular weight is 304 g/mol. The van der Waals surface area contributed by atoms with Gasteiger partial charge >= 0.3 is 0 Å². The topological polar surface area (TPSA) is 98.5 Å². The largest absolute Gasteiger partial charge is 0.377 e. The standard InChI is InChI=1S/C12H17FN2O4S/c1-12(2,19-3)7-15-11(16)8-4-9(13)6-10(5-8)20(14,17)18/h4-6H,7H2,1-3H3,(H,15,16)(H2,14,17,18). The van der Waals surface area contributed by atoms with E-state index in [1.54, 1.807) is 13.8 Å². The molecule has 1 aromatic carbocycles. The van der Waals surface area contributed by atoms with Gasteiger partial charge in [-0.25, -0.2) is 17.9 Å². The number of rotatable bonds is 5. The van der Waals surface area contributed by atoms with Crippen LogP contribution in [0.5, 0.6) is 0 Å². The molecule has 3 N–H and O–H groups in total. The monoisotopic (exact) mass is 304 g/mol. The molecule has 1 rings (SSSR count). The predicted molar refractivity (Wildman–Crippen MR) is 71.2 cm³/mol. The summed E-state index contributed by atoms with van der Waals surface area (Å²) < 4.78 is 40.8. The van der Waals surface area contributed by atoms with Gasteiger partial charge in [0.25, 0.3) is 5.91 Å². The van der Waals surface area contributed by atoms with Gasteiger partial charge in [0, 0.05) is 19.2 Å². The molecule has 0 unspecified atom stereocenters. The molecule has 0 heterocycles. The van der Waals surface area contributed by atoms with E-state index in [4.69, 9.17) is 9.88 Å². The van der Waals surface area contributed by atoms with Crippen LogP contribution in [0.3, 0.4) is 0 Å². The van der Waals surface area contributed by atoms with Crippen LogP contribution in [-0.2, 0) is 14.8 Å². The van der Waals surface area contributed by atoms with Gasteiger partial charge in [-0.15, -0.1) is 0 Å². The molecular formula is C12H17FN2O4S. The summed E-state index contributed by atoms with van der Waals surface area (Å²) in [6.07, 6.45) is 0. The zero-order valence-corrected chi connectivity index (χ0v) is 12.3. The lowest BCUT2D eigenvalue weighted by Crippen LogP contribution is -2.39. The highest BCUT2D eigenvalue weighted by Gasteiger charge is 2.19. The van der Waals surface area contributed by atoms with Crippen molar-refractivity contribution >= 4 is 15.9 Å². The molecule has 6 nitrogen and oxygen atoms in total. The van der Waals surface area contributed by atoms with Crippen molar-refractivity contribution in [3.05, 3.63) is 29.6 Å². The minimum absolute atomic E-state index is 0.124. The minimum Gasteiger partial charge on any atom is -0.377 e. The summed E-state index contributed by atoms with van der Waals surface area (Å²) in [5.74, 6) is -1.47. The first kappa shape index (κ1) is 16.5. The van der Waals surface area contributed by atoms with E-state index >= 15 is 0 Å². The Morgan fingerprint density at radius 3 is 2.50 bits per heavy atom. The number of benzene rings is 1. The van der Waals surface area contributed by atoms with Crippen molar-refractivity contribution in [2.45, 2.75) is 24.3 Å². The third-order valence-electron chi connectivity index (χ3n) is 2.69. The number of carbonyl (C=O) groups is 1. The van der Waals surface area contributed by atoms with Crippen molar-refractivity contribution in [1.29, 1.82) is 0 Å². The van der Waals surface area contributed by atoms with Gasteiger partial charge in [-0.2, -0.15) is 0 Å². The molecule has 1 aromatic rings. The van der Waals surface area contributed by atoms with Gasteiger partial charge in [0.1, 0.15) is 5.82 Å². The number of halogens is 1. The van der Waals surface area contributed by atoms with E-state index in [-0.39, 0.29) is 12.1 Å². The predicted octanol–water partition coefficient (Wildman–Crippen LogP) is 0.628. The highest BCUT2D eigenvalue weighted by Crippen LogP contribution is 2.13. The molecule has 0 spiro atoms. The summed E-state index contributed by atoms with van der Waals surface area (Å²) in [5.41, 5.74) is -0.716. The van der Waals surface area contributed by atoms with Gasteiger partial charge in [-0.3, -0.25) is 4.79 Å². The maximum atomic E-state index is 13.3. The number of ether oxygens (including phenoxy) is 1. The molecule has 0 aliphatic heterocycles. The van der Waals surface area contributed by atoms with Crippen LogP contribution in [0.4, 0.5) is 4.39 Å². The summed E-state index contributed by atoms with van der Waals surface area (Å²) in [4.78, 5) is 11.4. The van der Waals surface area contributed by atoms with Crippen LogP contribution in [-0.4, -0.2) is 33.6 Å². The number of nitrogens with two attached hydrogens (primary N) is 1. The Morgan fingerprint density at radius 1 is 1.40 bits per heavy atom. The lowest BCUT2D eigenvalue weighted by atomic mass is 10.1. The van der Waals surface area contributed by atoms with Crippen molar-refractivity contribution in [1.82, 2.24) is 5.32 Å². The Labute approximate surface area is 117 Å². The second kappa shape index (κ2) is 5.86. The molecule has 0 atom stereocenters. The molecule has 20 heavy (non-hydrogen) atoms. The number of hydrogen-bond donors (Lipinski definition) is 2. The van der Waals surface area contributed by atoms with Crippen molar-refractivity contribution in [3.63, 3.8) is 0 Å². The average Bonchev–Trinajstić information content (AvgIpc) is 2.34. The van der Waals surface area contributed by atoms with Gasteiger partial charge in [0.05, 0.1) is 10.5 Å². The first-order valence-electron chi connectivity index (χ1n) is 5.72. The van der Waals surface area contributed by atoms with E-state index in [1.807, 2.05) is 0 Å². The number of sulfonamides is 1. The van der Waals surface area contributed by atoms with Gasteiger partial charge in [-0.1, -0.05) is 0 Å². The Bertz CT molecular complexity index is 614. The highest BCUT2D eigenvalue weighted by molar-refractivity contribution is 7.89. The number of hydrogen-bond acceptors (Lipinski definition) is 4. The molecule has 112 valence electrons. The normalized spacial score (nSPS) is 12.2. The summed E-state index contributed by atoms with van der Waals surface area (Å²) >= 11 is 0. The molecule has 0 aliphatic rings. The zero-order chi connectivity index (χ0) is 15.6. The summed E-state index contributed by atoms with van der Waals surface area (Å²) in [6, 6.07) is 2.71. The van der Waals surface area contributed by atoms with Gasteiger partial charge < -0.3 is 10.1 Å². The molecule has 1 amide bonds. The maximum absolute atomic E-state index is 13.3. The van der Waals surface area contributed by atoms with Gasteiger partial charge in [-0.05, 0) is 32.0 Å². The Morgan fingerprint density at radius 2 is 2.00 bits per heavy atom. The fourth-order valence-corrected chi connectivity index (χ4v) is 1.89. The fourth-order valence-electron chi connectivity index (χ4n) is 1.33. The molecule has 0 radical (unpaired) electrons. The SMILES string of the molecule is COC(C)(C)CNC(=O)c1cc(F)cc(S(N)(=O)=O)c1. The van der Waals surface area contributed by atoms with Crippen molar-refractivity contribution in [2.24, 2.45) is 5.14 Å². The van der Waals surface area contributed by atoms with E-state index in [9.17, 15) is 17.6 Å². The molecule has 0 aliphatic carbocycles. The third kappa shape index (κ3) is 4.55. The smallest absolute Gasteiger partial charge is 0.251 e. The van der Waals surface area contributed by atoms with Crippen LogP contribution >= 0.6 is 0 Å². The quantitative estimate of drug-likeness (QED) is 0.833. The molecule has 0 bridgehead atoms. The van der Waals surface area contributed by atoms with E-state index in [2.05, 4.69) is 5.32 Å². The Balaban J connectivity index is 2.97. The van der Waals surface area contributed by atoms with E-state index in [0.29, 0.717) is 0 Å². The summed E-state index contributed by atoms with van der Waals surface area (Å²) in [5, 5.41) is 7.44. The lowest BCUT2D eigenvalue weighted by Gasteiger charge is -2.23. The summed E-state index contributed by atoms with van der Waals surface area (Å²) in [7, 11) is -2.58. The lowest BCUT2D eigenvalue weighted by molar-refractivity contribution is 0.0228. The van der Waals surface area contributed by atoms with Crippen LogP contribution < -0.4 is 10.5 Å². The fraction of sp³-hybridized carbons (Fsp3) is 0.417. The van der Waals surface area contributed by atoms with Crippen LogP contribution in [0.2, 0.25) is 0 Å². The van der Waals surface area contributed by atoms with Crippen LogP contribution in [0.25, 0.3) is 0 Å². The van der Waals surface area contributed by atoms with Gasteiger partial charge in [0.15, 0.2) is 0 Å². The third-order valence-corrected chi connectivity index (χ3v) is 3.58. The Hall–Kier alpha value is -1.51. The molecular weight excluding hydrogens is 287 g/mol. The number of amides is 1. The molecule has 0 saturated heterocycles. The number of nitrogens with one attached hydrogen (secondary N) is 1. The highest BCUT2D eigenvalue weighted by atomic mass is 32.2. The maximum Gasteiger partial charge on any atom is 0.251 e. The van der Waals surface area contributed by atoms with E-state index in [0.717, 1.165) is 18.2 Å². The second-order valence-corrected chi connectivity index (χ2v) is 6.43. The van der Waals surface area contributed by atoms with Crippen molar-refractivity contribution in [3.8, 4) is 0 Å².